The van der Waals surface area contributed by atoms with E-state index in [1.165, 1.54) is 16.3 Å². The van der Waals surface area contributed by atoms with Crippen LogP contribution < -0.4 is 5.32 Å². The Kier molecular flexibility index (Phi) is 6.51. The van der Waals surface area contributed by atoms with Crippen molar-refractivity contribution in [2.24, 2.45) is 5.92 Å². The Morgan fingerprint density at radius 3 is 2.37 bits per heavy atom. The van der Waals surface area contributed by atoms with Crippen molar-refractivity contribution in [1.82, 2.24) is 10.2 Å². The molecule has 1 aromatic heterocycles. The molecule has 1 N–H and O–H groups in total. The normalized spacial score (nSPS) is 12.6. The van der Waals surface area contributed by atoms with Crippen LogP contribution in [0.1, 0.15) is 51.3 Å². The summed E-state index contributed by atoms with van der Waals surface area (Å²) in [5.74, 6) is 0.738. The highest BCUT2D eigenvalue weighted by molar-refractivity contribution is 7.11. The first-order valence-corrected chi connectivity index (χ1v) is 8.16. The Morgan fingerprint density at radius 1 is 1.21 bits per heavy atom. The summed E-state index contributed by atoms with van der Waals surface area (Å²) in [6, 6.07) is 4.55. The predicted octanol–water partition coefficient (Wildman–Crippen LogP) is 4.11. The third kappa shape index (κ3) is 7.09. The third-order valence-corrected chi connectivity index (χ3v) is 4.03. The first kappa shape index (κ1) is 16.7. The molecule has 19 heavy (non-hydrogen) atoms. The van der Waals surface area contributed by atoms with Gasteiger partial charge in [0.15, 0.2) is 0 Å². The second-order valence-electron chi connectivity index (χ2n) is 6.69. The molecule has 2 nitrogen and oxygen atoms in total. The van der Waals surface area contributed by atoms with Gasteiger partial charge in [0.05, 0.1) is 0 Å². The van der Waals surface area contributed by atoms with Crippen molar-refractivity contribution in [2.45, 2.75) is 60.2 Å². The van der Waals surface area contributed by atoms with E-state index in [4.69, 9.17) is 0 Å². The third-order valence-electron chi connectivity index (χ3n) is 2.96. The van der Waals surface area contributed by atoms with Crippen LogP contribution in [0.25, 0.3) is 0 Å². The van der Waals surface area contributed by atoms with Gasteiger partial charge in [0.1, 0.15) is 0 Å². The summed E-state index contributed by atoms with van der Waals surface area (Å²) in [7, 11) is 0. The fraction of sp³-hybridized carbons (Fsp3) is 0.750. The summed E-state index contributed by atoms with van der Waals surface area (Å²) in [6.45, 7) is 17.8. The van der Waals surface area contributed by atoms with Gasteiger partial charge in [-0.2, -0.15) is 0 Å². The maximum Gasteiger partial charge on any atom is 0.0328 e. The summed E-state index contributed by atoms with van der Waals surface area (Å²) >= 11 is 1.94. The van der Waals surface area contributed by atoms with Crippen LogP contribution in [0.4, 0.5) is 0 Å². The minimum atomic E-state index is 0.192. The molecule has 0 saturated carbocycles. The summed E-state index contributed by atoms with van der Waals surface area (Å²) in [6.07, 6.45) is 0. The largest absolute Gasteiger partial charge is 0.307 e. The van der Waals surface area contributed by atoms with Crippen molar-refractivity contribution in [3.63, 3.8) is 0 Å². The zero-order chi connectivity index (χ0) is 14.5. The van der Waals surface area contributed by atoms with Crippen LogP contribution in [-0.4, -0.2) is 23.5 Å². The van der Waals surface area contributed by atoms with Crippen LogP contribution in [-0.2, 0) is 13.1 Å². The molecule has 1 aromatic rings. The van der Waals surface area contributed by atoms with Gasteiger partial charge in [0.25, 0.3) is 0 Å². The smallest absolute Gasteiger partial charge is 0.0328 e. The second-order valence-corrected chi connectivity index (χ2v) is 7.95. The van der Waals surface area contributed by atoms with Crippen molar-refractivity contribution in [3.8, 4) is 0 Å². The second kappa shape index (κ2) is 7.41. The van der Waals surface area contributed by atoms with Gasteiger partial charge < -0.3 is 5.32 Å². The maximum atomic E-state index is 3.55. The van der Waals surface area contributed by atoms with E-state index in [0.717, 1.165) is 25.6 Å². The van der Waals surface area contributed by atoms with Crippen LogP contribution in [0, 0.1) is 5.92 Å². The molecular weight excluding hydrogens is 252 g/mol. The van der Waals surface area contributed by atoms with E-state index in [1.807, 2.05) is 11.3 Å². The highest BCUT2D eigenvalue weighted by Gasteiger charge is 2.11. The Bertz CT molecular complexity index is 363. The number of rotatable bonds is 7. The number of nitrogens with one attached hydrogen (secondary N) is 1. The molecule has 0 aliphatic heterocycles. The quantitative estimate of drug-likeness (QED) is 0.809. The van der Waals surface area contributed by atoms with Gasteiger partial charge >= 0.3 is 0 Å². The molecule has 1 rings (SSSR count). The molecule has 0 unspecified atom stereocenters. The molecule has 0 atom stereocenters. The number of thiophene rings is 1. The summed E-state index contributed by atoms with van der Waals surface area (Å²) in [5, 5.41) is 3.55. The Balaban J connectivity index is 2.49. The van der Waals surface area contributed by atoms with Crippen molar-refractivity contribution in [3.05, 3.63) is 21.9 Å². The molecule has 0 aliphatic rings. The van der Waals surface area contributed by atoms with Crippen LogP contribution in [0.5, 0.6) is 0 Å². The average molecular weight is 282 g/mol. The average Bonchev–Trinajstić information content (AvgIpc) is 2.72. The van der Waals surface area contributed by atoms with Crippen molar-refractivity contribution >= 4 is 11.3 Å². The molecular formula is C16H30N2S. The number of nitrogens with zero attached hydrogens (tertiary/aromatic N) is 1. The summed E-state index contributed by atoms with van der Waals surface area (Å²) in [4.78, 5) is 5.44. The molecule has 110 valence electrons. The lowest BCUT2D eigenvalue weighted by Crippen LogP contribution is -2.34. The molecule has 0 bridgehead atoms. The minimum Gasteiger partial charge on any atom is -0.307 e. The molecule has 1 heterocycles. The van der Waals surface area contributed by atoms with Crippen LogP contribution in [0.15, 0.2) is 12.1 Å². The van der Waals surface area contributed by atoms with Crippen LogP contribution in [0.2, 0.25) is 0 Å². The van der Waals surface area contributed by atoms with E-state index in [9.17, 15) is 0 Å². The Morgan fingerprint density at radius 2 is 1.84 bits per heavy atom. The zero-order valence-electron chi connectivity index (χ0n) is 13.4. The SMILES string of the molecule is CCN(Cc1ccc(CNC(C)(C)C)s1)CC(C)C. The van der Waals surface area contributed by atoms with Crippen molar-refractivity contribution in [2.75, 3.05) is 13.1 Å². The molecule has 0 fully saturated rings. The maximum absolute atomic E-state index is 3.55. The minimum absolute atomic E-state index is 0.192. The molecule has 0 aliphatic carbocycles. The van der Waals surface area contributed by atoms with Crippen molar-refractivity contribution in [1.29, 1.82) is 0 Å². The highest BCUT2D eigenvalue weighted by atomic mass is 32.1. The Labute approximate surface area is 123 Å². The van der Waals surface area contributed by atoms with Gasteiger partial charge in [-0.05, 0) is 45.4 Å². The Hall–Kier alpha value is -0.380. The molecule has 3 heteroatoms. The van der Waals surface area contributed by atoms with Gasteiger partial charge in [-0.25, -0.2) is 0 Å². The lowest BCUT2D eigenvalue weighted by molar-refractivity contribution is 0.250. The number of hydrogen-bond donors (Lipinski definition) is 1. The van der Waals surface area contributed by atoms with Gasteiger partial charge in [0.2, 0.25) is 0 Å². The topological polar surface area (TPSA) is 15.3 Å². The molecule has 0 saturated heterocycles. The van der Waals surface area contributed by atoms with Gasteiger partial charge in [0, 0.05) is 34.9 Å². The first-order chi connectivity index (χ1) is 8.80. The van der Waals surface area contributed by atoms with Gasteiger partial charge in [-0.15, -0.1) is 11.3 Å². The fourth-order valence-corrected chi connectivity index (χ4v) is 3.00. The molecule has 0 aromatic carbocycles. The monoisotopic (exact) mass is 282 g/mol. The van der Waals surface area contributed by atoms with Crippen LogP contribution >= 0.6 is 11.3 Å². The zero-order valence-corrected chi connectivity index (χ0v) is 14.2. The molecule has 0 spiro atoms. The number of hydrogen-bond acceptors (Lipinski definition) is 3. The lowest BCUT2D eigenvalue weighted by Gasteiger charge is -2.21. The predicted molar refractivity (Wildman–Crippen MR) is 86.7 cm³/mol. The summed E-state index contributed by atoms with van der Waals surface area (Å²) < 4.78 is 0. The lowest BCUT2D eigenvalue weighted by atomic mass is 10.1. The fourth-order valence-electron chi connectivity index (χ4n) is 2.00. The standard InChI is InChI=1S/C16H30N2S/c1-7-18(11-13(2)3)12-15-9-8-14(19-15)10-17-16(4,5)6/h8-9,13,17H,7,10-12H2,1-6H3. The van der Waals surface area contributed by atoms with E-state index >= 15 is 0 Å². The van der Waals surface area contributed by atoms with E-state index < -0.39 is 0 Å². The van der Waals surface area contributed by atoms with Gasteiger partial charge in [-0.1, -0.05) is 20.8 Å². The summed E-state index contributed by atoms with van der Waals surface area (Å²) in [5.41, 5.74) is 0.192. The van der Waals surface area contributed by atoms with E-state index in [1.54, 1.807) is 0 Å². The van der Waals surface area contributed by atoms with E-state index in [-0.39, 0.29) is 5.54 Å². The highest BCUT2D eigenvalue weighted by Crippen LogP contribution is 2.19. The van der Waals surface area contributed by atoms with E-state index in [0.29, 0.717) is 0 Å². The van der Waals surface area contributed by atoms with E-state index in [2.05, 4.69) is 63.9 Å². The van der Waals surface area contributed by atoms with Gasteiger partial charge in [-0.3, -0.25) is 4.90 Å². The van der Waals surface area contributed by atoms with Crippen LogP contribution in [0.3, 0.4) is 0 Å². The molecule has 0 radical (unpaired) electrons. The molecule has 0 amide bonds. The van der Waals surface area contributed by atoms with Crippen molar-refractivity contribution < 1.29 is 0 Å². The first-order valence-electron chi connectivity index (χ1n) is 7.35.